The Hall–Kier alpha value is -1.55. The molecule has 1 aliphatic heterocycles. The van der Waals surface area contributed by atoms with Crippen LogP contribution in [0.3, 0.4) is 0 Å². The molecule has 0 atom stereocenters. The summed E-state index contributed by atoms with van der Waals surface area (Å²) in [7, 11) is 0. The molecule has 21 heavy (non-hydrogen) atoms. The minimum Gasteiger partial charge on any atom is -0.354 e. The van der Waals surface area contributed by atoms with Crippen LogP contribution in [0.2, 0.25) is 5.02 Å². The number of nitrogens with zero attached hydrogens (tertiary/aromatic N) is 1. The lowest BCUT2D eigenvalue weighted by molar-refractivity contribution is -0.135. The first-order valence-corrected chi connectivity index (χ1v) is 7.82. The molecule has 1 heterocycles. The number of likely N-dealkylation sites (tertiary alicyclic amines) is 1. The smallest absolute Gasteiger partial charge is 0.239 e. The fourth-order valence-electron chi connectivity index (χ4n) is 2.43. The van der Waals surface area contributed by atoms with Gasteiger partial charge in [-0.1, -0.05) is 30.2 Å². The van der Waals surface area contributed by atoms with Crippen molar-refractivity contribution < 1.29 is 9.59 Å². The van der Waals surface area contributed by atoms with E-state index in [-0.39, 0.29) is 18.4 Å². The van der Waals surface area contributed by atoms with Gasteiger partial charge in [-0.15, -0.1) is 0 Å². The highest BCUT2D eigenvalue weighted by atomic mass is 35.5. The van der Waals surface area contributed by atoms with Crippen molar-refractivity contribution in [3.05, 3.63) is 34.9 Å². The summed E-state index contributed by atoms with van der Waals surface area (Å²) in [6, 6.07) is 7.59. The highest BCUT2D eigenvalue weighted by Crippen LogP contribution is 2.11. The van der Waals surface area contributed by atoms with E-state index in [0.29, 0.717) is 24.5 Å². The van der Waals surface area contributed by atoms with Gasteiger partial charge in [-0.2, -0.15) is 0 Å². The Labute approximate surface area is 130 Å². The highest BCUT2D eigenvalue weighted by Gasteiger charge is 2.18. The zero-order chi connectivity index (χ0) is 15.1. The van der Waals surface area contributed by atoms with Gasteiger partial charge in [0.25, 0.3) is 0 Å². The summed E-state index contributed by atoms with van der Waals surface area (Å²) in [5.74, 6) is 0.0135. The van der Waals surface area contributed by atoms with Gasteiger partial charge in [-0.25, -0.2) is 0 Å². The summed E-state index contributed by atoms with van der Waals surface area (Å²) < 4.78 is 0. The fourth-order valence-corrected chi connectivity index (χ4v) is 2.56. The Morgan fingerprint density at radius 1 is 1.19 bits per heavy atom. The number of carbonyl (C=O) groups excluding carboxylic acids is 2. The lowest BCUT2D eigenvalue weighted by atomic mass is 10.1. The second kappa shape index (κ2) is 8.03. The van der Waals surface area contributed by atoms with Crippen LogP contribution in [0.15, 0.2) is 24.3 Å². The maximum absolute atomic E-state index is 11.9. The molecular formula is C16H21ClN2O2. The van der Waals surface area contributed by atoms with Gasteiger partial charge in [0.2, 0.25) is 11.8 Å². The Kier molecular flexibility index (Phi) is 6.05. The van der Waals surface area contributed by atoms with E-state index in [1.165, 1.54) is 0 Å². The Morgan fingerprint density at radius 3 is 2.71 bits per heavy atom. The molecule has 1 fully saturated rings. The van der Waals surface area contributed by atoms with Gasteiger partial charge in [0, 0.05) is 24.5 Å². The third-order valence-corrected chi connectivity index (χ3v) is 3.91. The topological polar surface area (TPSA) is 49.4 Å². The normalized spacial score (nSPS) is 15.7. The minimum absolute atomic E-state index is 0.0841. The summed E-state index contributed by atoms with van der Waals surface area (Å²) >= 11 is 5.82. The first kappa shape index (κ1) is 15.8. The molecule has 0 radical (unpaired) electrons. The van der Waals surface area contributed by atoms with E-state index in [4.69, 9.17) is 11.6 Å². The molecule has 2 amide bonds. The van der Waals surface area contributed by atoms with Crippen molar-refractivity contribution in [3.8, 4) is 0 Å². The average Bonchev–Trinajstić information content (AvgIpc) is 2.66. The van der Waals surface area contributed by atoms with E-state index in [1.807, 2.05) is 24.3 Å². The fraction of sp³-hybridized carbons (Fsp3) is 0.500. The molecule has 114 valence electrons. The van der Waals surface area contributed by atoms with E-state index in [0.717, 1.165) is 31.2 Å². The quantitative estimate of drug-likeness (QED) is 0.908. The van der Waals surface area contributed by atoms with Crippen LogP contribution in [-0.4, -0.2) is 36.3 Å². The van der Waals surface area contributed by atoms with Gasteiger partial charge in [-0.3, -0.25) is 9.59 Å². The van der Waals surface area contributed by atoms with Crippen LogP contribution in [0.4, 0.5) is 0 Å². The molecule has 0 aliphatic carbocycles. The average molecular weight is 309 g/mol. The molecule has 4 nitrogen and oxygen atoms in total. The third kappa shape index (κ3) is 5.38. The van der Waals surface area contributed by atoms with Gasteiger partial charge in [0.15, 0.2) is 0 Å². The molecule has 2 rings (SSSR count). The van der Waals surface area contributed by atoms with E-state index >= 15 is 0 Å². The summed E-state index contributed by atoms with van der Waals surface area (Å²) in [4.78, 5) is 25.4. The van der Waals surface area contributed by atoms with E-state index in [2.05, 4.69) is 5.32 Å². The van der Waals surface area contributed by atoms with Gasteiger partial charge >= 0.3 is 0 Å². The molecular weight excluding hydrogens is 288 g/mol. The van der Waals surface area contributed by atoms with Crippen molar-refractivity contribution in [2.24, 2.45) is 0 Å². The van der Waals surface area contributed by atoms with Crippen molar-refractivity contribution in [2.45, 2.75) is 32.1 Å². The number of carbonyl (C=O) groups is 2. The molecule has 0 spiro atoms. The summed E-state index contributed by atoms with van der Waals surface area (Å²) in [5, 5.41) is 3.58. The molecule has 1 aromatic rings. The molecule has 1 N–H and O–H groups in total. The summed E-state index contributed by atoms with van der Waals surface area (Å²) in [6.07, 6.45) is 4.33. The van der Waals surface area contributed by atoms with Crippen molar-refractivity contribution in [1.29, 1.82) is 0 Å². The predicted octanol–water partition coefficient (Wildman–Crippen LogP) is 2.40. The largest absolute Gasteiger partial charge is 0.354 e. The molecule has 5 heteroatoms. The zero-order valence-corrected chi connectivity index (χ0v) is 12.9. The van der Waals surface area contributed by atoms with Gasteiger partial charge < -0.3 is 10.2 Å². The summed E-state index contributed by atoms with van der Waals surface area (Å²) in [6.45, 7) is 1.45. The van der Waals surface area contributed by atoms with Crippen molar-refractivity contribution in [1.82, 2.24) is 10.2 Å². The maximum Gasteiger partial charge on any atom is 0.239 e. The van der Waals surface area contributed by atoms with Crippen LogP contribution in [0, 0.1) is 0 Å². The Balaban J connectivity index is 1.71. The maximum atomic E-state index is 11.9. The number of halogens is 1. The molecule has 0 unspecified atom stereocenters. The lowest BCUT2D eigenvalue weighted by Crippen LogP contribution is -2.41. The first-order valence-electron chi connectivity index (χ1n) is 7.44. The molecule has 0 aromatic heterocycles. The van der Waals surface area contributed by atoms with Crippen molar-refractivity contribution >= 4 is 23.4 Å². The second-order valence-corrected chi connectivity index (χ2v) is 5.79. The second-order valence-electron chi connectivity index (χ2n) is 5.35. The van der Waals surface area contributed by atoms with Gasteiger partial charge in [-0.05, 0) is 37.0 Å². The van der Waals surface area contributed by atoms with Crippen molar-refractivity contribution in [3.63, 3.8) is 0 Å². The van der Waals surface area contributed by atoms with Crippen LogP contribution in [0.5, 0.6) is 0 Å². The van der Waals surface area contributed by atoms with Crippen LogP contribution < -0.4 is 5.32 Å². The number of benzene rings is 1. The molecule has 0 bridgehead atoms. The van der Waals surface area contributed by atoms with Crippen LogP contribution in [0.25, 0.3) is 0 Å². The van der Waals surface area contributed by atoms with Crippen LogP contribution in [-0.2, 0) is 16.0 Å². The Morgan fingerprint density at radius 2 is 1.95 bits per heavy atom. The van der Waals surface area contributed by atoms with Crippen LogP contribution in [0.1, 0.15) is 31.2 Å². The van der Waals surface area contributed by atoms with E-state index in [1.54, 1.807) is 4.90 Å². The standard InChI is InChI=1S/C16H21ClN2O2/c17-14-7-5-13(6-8-14)9-10-18-15(20)12-19-11-3-1-2-4-16(19)21/h5-8H,1-4,9-12H2,(H,18,20). The zero-order valence-electron chi connectivity index (χ0n) is 12.1. The SMILES string of the molecule is O=C(CN1CCCCCC1=O)NCCc1ccc(Cl)cc1. The molecule has 0 saturated carbocycles. The predicted molar refractivity (Wildman–Crippen MR) is 83.2 cm³/mol. The molecule has 1 aromatic carbocycles. The third-order valence-electron chi connectivity index (χ3n) is 3.65. The Bertz CT molecular complexity index is 488. The summed E-state index contributed by atoms with van der Waals surface area (Å²) in [5.41, 5.74) is 1.13. The van der Waals surface area contributed by atoms with Crippen molar-refractivity contribution in [2.75, 3.05) is 19.6 Å². The number of nitrogens with one attached hydrogen (secondary N) is 1. The monoisotopic (exact) mass is 308 g/mol. The van der Waals surface area contributed by atoms with Crippen LogP contribution >= 0.6 is 11.6 Å². The lowest BCUT2D eigenvalue weighted by Gasteiger charge is -2.19. The number of amides is 2. The van der Waals surface area contributed by atoms with E-state index in [9.17, 15) is 9.59 Å². The number of hydrogen-bond acceptors (Lipinski definition) is 2. The number of rotatable bonds is 5. The highest BCUT2D eigenvalue weighted by molar-refractivity contribution is 6.30. The van der Waals surface area contributed by atoms with Gasteiger partial charge in [0.1, 0.15) is 0 Å². The van der Waals surface area contributed by atoms with E-state index < -0.39 is 0 Å². The molecule has 1 aliphatic rings. The van der Waals surface area contributed by atoms with Gasteiger partial charge in [0.05, 0.1) is 6.54 Å². The first-order chi connectivity index (χ1) is 10.1. The minimum atomic E-state index is -0.0841. The molecule has 1 saturated heterocycles. The number of hydrogen-bond donors (Lipinski definition) is 1.